The summed E-state index contributed by atoms with van der Waals surface area (Å²) in [5.41, 5.74) is 3.77. The Bertz CT molecular complexity index is 959. The molecule has 0 fully saturated rings. The molecule has 0 aliphatic heterocycles. The van der Waals surface area contributed by atoms with Crippen molar-refractivity contribution < 1.29 is 13.2 Å². The van der Waals surface area contributed by atoms with Crippen molar-refractivity contribution in [2.75, 3.05) is 10.6 Å². The number of amides is 1. The Morgan fingerprint density at radius 1 is 1.03 bits per heavy atom. The van der Waals surface area contributed by atoms with Crippen molar-refractivity contribution in [2.24, 2.45) is 0 Å². The fourth-order valence-corrected chi connectivity index (χ4v) is 4.66. The van der Waals surface area contributed by atoms with E-state index in [1.165, 1.54) is 9.87 Å². The fourth-order valence-electron chi connectivity index (χ4n) is 3.32. The number of nitrogens with zero attached hydrogens (tertiary/aromatic N) is 1. The zero-order chi connectivity index (χ0) is 21.8. The molecule has 158 valence electrons. The Morgan fingerprint density at radius 3 is 2.14 bits per heavy atom. The van der Waals surface area contributed by atoms with Crippen molar-refractivity contribution in [3.63, 3.8) is 0 Å². The first kappa shape index (κ1) is 23.2. The van der Waals surface area contributed by atoms with Crippen LogP contribution in [-0.4, -0.2) is 26.6 Å². The van der Waals surface area contributed by atoms with E-state index in [1.54, 1.807) is 31.2 Å². The number of hydrogen-bond donors (Lipinski definition) is 1. The van der Waals surface area contributed by atoms with Gasteiger partial charge in [0.1, 0.15) is 6.04 Å². The van der Waals surface area contributed by atoms with Gasteiger partial charge in [0.05, 0.1) is 18.0 Å². The van der Waals surface area contributed by atoms with Crippen LogP contribution in [-0.2, 0) is 14.8 Å². The average molecular weight is 437 g/mol. The monoisotopic (exact) mass is 436 g/mol. The van der Waals surface area contributed by atoms with Gasteiger partial charge in [-0.3, -0.25) is 9.10 Å². The molecule has 0 aliphatic rings. The summed E-state index contributed by atoms with van der Waals surface area (Å²) in [7, 11) is -3.68. The first-order valence-corrected chi connectivity index (χ1v) is 11.9. The molecule has 0 aliphatic carbocycles. The van der Waals surface area contributed by atoms with Crippen molar-refractivity contribution in [3.05, 3.63) is 64.2 Å². The third kappa shape index (κ3) is 5.73. The molecule has 2 atom stereocenters. The normalized spacial score (nSPS) is 13.6. The second-order valence-corrected chi connectivity index (χ2v) is 9.57. The third-order valence-electron chi connectivity index (χ3n) is 5.07. The van der Waals surface area contributed by atoms with Crippen molar-refractivity contribution >= 4 is 33.2 Å². The first-order valence-electron chi connectivity index (χ1n) is 9.71. The quantitative estimate of drug-likeness (QED) is 0.648. The number of carbonyl (C=O) groups is 1. The zero-order valence-electron chi connectivity index (χ0n) is 17.6. The number of hydrogen-bond acceptors (Lipinski definition) is 3. The molecule has 2 aromatic rings. The van der Waals surface area contributed by atoms with Gasteiger partial charge in [0.15, 0.2) is 0 Å². The fraction of sp³-hybridized carbons (Fsp3) is 0.409. The minimum atomic E-state index is -3.68. The summed E-state index contributed by atoms with van der Waals surface area (Å²) in [6.07, 6.45) is 2.15. The number of anilines is 1. The Balaban J connectivity index is 2.34. The molecule has 0 saturated heterocycles. The maximum Gasteiger partial charge on any atom is 0.244 e. The topological polar surface area (TPSA) is 66.5 Å². The molecule has 0 bridgehead atoms. The van der Waals surface area contributed by atoms with Crippen LogP contribution in [0.25, 0.3) is 0 Å². The number of carbonyl (C=O) groups excluding carboxylic acids is 1. The lowest BCUT2D eigenvalue weighted by atomic mass is 9.99. The number of sulfonamides is 1. The Hall–Kier alpha value is -2.05. The summed E-state index contributed by atoms with van der Waals surface area (Å²) in [4.78, 5) is 13.2. The molecule has 2 unspecified atom stereocenters. The van der Waals surface area contributed by atoms with E-state index in [2.05, 4.69) is 11.4 Å². The smallest absolute Gasteiger partial charge is 0.244 e. The van der Waals surface area contributed by atoms with Gasteiger partial charge in [0, 0.05) is 5.02 Å². The van der Waals surface area contributed by atoms with Gasteiger partial charge in [-0.2, -0.15) is 0 Å². The maximum absolute atomic E-state index is 13.2. The van der Waals surface area contributed by atoms with Gasteiger partial charge in [-0.05, 0) is 67.6 Å². The molecule has 5 nitrogen and oxygen atoms in total. The van der Waals surface area contributed by atoms with Crippen LogP contribution in [0.2, 0.25) is 5.02 Å². The lowest BCUT2D eigenvalue weighted by molar-refractivity contribution is -0.123. The summed E-state index contributed by atoms with van der Waals surface area (Å²) in [5.74, 6) is -0.321. The van der Waals surface area contributed by atoms with Gasteiger partial charge in [0.25, 0.3) is 0 Å². The first-order chi connectivity index (χ1) is 13.6. The maximum atomic E-state index is 13.2. The number of benzene rings is 2. The highest BCUT2D eigenvalue weighted by molar-refractivity contribution is 7.92. The summed E-state index contributed by atoms with van der Waals surface area (Å²) in [6.45, 7) is 7.87. The molecule has 1 N–H and O–H groups in total. The second-order valence-electron chi connectivity index (χ2n) is 7.27. The van der Waals surface area contributed by atoms with Gasteiger partial charge in [0.2, 0.25) is 15.9 Å². The van der Waals surface area contributed by atoms with E-state index in [1.807, 2.05) is 32.9 Å². The standard InChI is InChI=1S/C22H29ClN2O3S/c1-6-20(17-9-8-15(3)16(4)14-17)24-22(26)21(7-2)25(29(5,27)28)19-12-10-18(23)11-13-19/h8-14,20-21H,6-7H2,1-5H3,(H,24,26). The molecule has 2 aromatic carbocycles. The lowest BCUT2D eigenvalue weighted by Gasteiger charge is -2.31. The summed E-state index contributed by atoms with van der Waals surface area (Å²) < 4.78 is 26.3. The minimum absolute atomic E-state index is 0.192. The number of halogens is 1. The molecule has 0 saturated carbocycles. The molecule has 2 rings (SSSR count). The summed E-state index contributed by atoms with van der Waals surface area (Å²) in [6, 6.07) is 11.5. The van der Waals surface area contributed by atoms with E-state index >= 15 is 0 Å². The number of rotatable bonds is 8. The van der Waals surface area contributed by atoms with E-state index in [-0.39, 0.29) is 11.9 Å². The zero-order valence-corrected chi connectivity index (χ0v) is 19.1. The number of nitrogens with one attached hydrogen (secondary N) is 1. The van der Waals surface area contributed by atoms with Crippen molar-refractivity contribution in [1.29, 1.82) is 0 Å². The summed E-state index contributed by atoms with van der Waals surface area (Å²) in [5, 5.41) is 3.54. The third-order valence-corrected chi connectivity index (χ3v) is 6.50. The van der Waals surface area contributed by atoms with Crippen molar-refractivity contribution in [2.45, 2.75) is 52.6 Å². The molecule has 7 heteroatoms. The van der Waals surface area contributed by atoms with Crippen LogP contribution in [0.1, 0.15) is 49.4 Å². The SMILES string of the molecule is CCC(NC(=O)C(CC)N(c1ccc(Cl)cc1)S(C)(=O)=O)c1ccc(C)c(C)c1. The molecule has 1 amide bonds. The van der Waals surface area contributed by atoms with E-state index in [4.69, 9.17) is 11.6 Å². The lowest BCUT2D eigenvalue weighted by Crippen LogP contribution is -2.50. The van der Waals surface area contributed by atoms with Gasteiger partial charge in [-0.1, -0.05) is 43.6 Å². The molecule has 0 spiro atoms. The van der Waals surface area contributed by atoms with Gasteiger partial charge < -0.3 is 5.32 Å². The predicted molar refractivity (Wildman–Crippen MR) is 120 cm³/mol. The van der Waals surface area contributed by atoms with Crippen LogP contribution < -0.4 is 9.62 Å². The molecule has 0 heterocycles. The van der Waals surface area contributed by atoms with Crippen LogP contribution in [0.15, 0.2) is 42.5 Å². The van der Waals surface area contributed by atoms with E-state index in [9.17, 15) is 13.2 Å². The van der Waals surface area contributed by atoms with Crippen molar-refractivity contribution in [3.8, 4) is 0 Å². The molecular weight excluding hydrogens is 408 g/mol. The van der Waals surface area contributed by atoms with Gasteiger partial charge >= 0.3 is 0 Å². The Labute approximate surface area is 179 Å². The van der Waals surface area contributed by atoms with Gasteiger partial charge in [-0.25, -0.2) is 8.42 Å². The second kappa shape index (κ2) is 9.63. The van der Waals surface area contributed by atoms with E-state index in [0.717, 1.165) is 17.4 Å². The highest BCUT2D eigenvalue weighted by Crippen LogP contribution is 2.26. The van der Waals surface area contributed by atoms with Gasteiger partial charge in [-0.15, -0.1) is 0 Å². The number of aryl methyl sites for hydroxylation is 2. The predicted octanol–water partition coefficient (Wildman–Crippen LogP) is 4.77. The van der Waals surface area contributed by atoms with Crippen LogP contribution in [0.3, 0.4) is 0 Å². The van der Waals surface area contributed by atoms with Crippen LogP contribution >= 0.6 is 11.6 Å². The molecule has 0 radical (unpaired) electrons. The molecular formula is C22H29ClN2O3S. The van der Waals surface area contributed by atoms with Crippen LogP contribution in [0.5, 0.6) is 0 Å². The highest BCUT2D eigenvalue weighted by atomic mass is 35.5. The minimum Gasteiger partial charge on any atom is -0.347 e. The summed E-state index contributed by atoms with van der Waals surface area (Å²) >= 11 is 5.94. The van der Waals surface area contributed by atoms with Crippen LogP contribution in [0, 0.1) is 13.8 Å². The Kier molecular flexibility index (Phi) is 7.72. The van der Waals surface area contributed by atoms with Crippen molar-refractivity contribution in [1.82, 2.24) is 5.32 Å². The van der Waals surface area contributed by atoms with Crippen LogP contribution in [0.4, 0.5) is 5.69 Å². The van der Waals surface area contributed by atoms with E-state index in [0.29, 0.717) is 23.6 Å². The Morgan fingerprint density at radius 2 is 1.66 bits per heavy atom. The molecule has 0 aromatic heterocycles. The molecule has 29 heavy (non-hydrogen) atoms. The van der Waals surface area contributed by atoms with E-state index < -0.39 is 16.1 Å². The highest BCUT2D eigenvalue weighted by Gasteiger charge is 2.32. The average Bonchev–Trinajstić information content (AvgIpc) is 2.66. The largest absolute Gasteiger partial charge is 0.347 e.